The Labute approximate surface area is 144 Å². The van der Waals surface area contributed by atoms with E-state index >= 15 is 0 Å². The molecule has 2 aromatic rings. The summed E-state index contributed by atoms with van der Waals surface area (Å²) in [6.07, 6.45) is 3.13. The molecule has 1 fully saturated rings. The van der Waals surface area contributed by atoms with E-state index in [1.165, 1.54) is 30.5 Å². The third-order valence-corrected chi connectivity index (χ3v) is 4.29. The summed E-state index contributed by atoms with van der Waals surface area (Å²) in [6.45, 7) is 0.00555. The number of furan rings is 1. The maximum atomic E-state index is 12.8. The summed E-state index contributed by atoms with van der Waals surface area (Å²) >= 11 is 0. The Balaban J connectivity index is 1.52. The number of benzene rings is 1. The van der Waals surface area contributed by atoms with Gasteiger partial charge in [-0.1, -0.05) is 12.1 Å². The van der Waals surface area contributed by atoms with Gasteiger partial charge in [0.2, 0.25) is 0 Å². The van der Waals surface area contributed by atoms with Gasteiger partial charge in [0.15, 0.2) is 0 Å². The molecule has 3 N–H and O–H groups in total. The van der Waals surface area contributed by atoms with Crippen LogP contribution in [0.1, 0.15) is 24.2 Å². The zero-order valence-corrected chi connectivity index (χ0v) is 13.5. The molecule has 1 aliphatic rings. The van der Waals surface area contributed by atoms with Gasteiger partial charge in [-0.05, 0) is 48.6 Å². The second-order valence-corrected chi connectivity index (χ2v) is 6.17. The fourth-order valence-corrected chi connectivity index (χ4v) is 2.68. The second-order valence-electron chi connectivity index (χ2n) is 6.17. The first kappa shape index (κ1) is 17.2. The molecule has 6 nitrogen and oxygen atoms in total. The molecule has 1 aliphatic carbocycles. The summed E-state index contributed by atoms with van der Waals surface area (Å²) < 4.78 is 18.1. The number of hydrogen-bond acceptors (Lipinski definition) is 4. The zero-order valence-electron chi connectivity index (χ0n) is 13.5. The first-order valence-corrected chi connectivity index (χ1v) is 8.06. The normalized spacial score (nSPS) is 16.1. The molecule has 7 heteroatoms. The largest absolute Gasteiger partial charge is 0.466 e. The molecule has 0 spiro atoms. The molecule has 3 rings (SSSR count). The molecule has 2 amide bonds. The Morgan fingerprint density at radius 2 is 1.84 bits per heavy atom. The van der Waals surface area contributed by atoms with Crippen molar-refractivity contribution in [1.82, 2.24) is 10.6 Å². The minimum atomic E-state index is -1.31. The lowest BCUT2D eigenvalue weighted by atomic mass is 9.94. The Hall–Kier alpha value is -2.67. The van der Waals surface area contributed by atoms with Gasteiger partial charge >= 0.3 is 11.8 Å². The molecule has 0 saturated heterocycles. The summed E-state index contributed by atoms with van der Waals surface area (Å²) in [5.41, 5.74) is -0.635. The van der Waals surface area contributed by atoms with Crippen LogP contribution in [-0.4, -0.2) is 23.5 Å². The number of carbonyl (C=O) groups excluding carboxylic acids is 2. The molecule has 0 radical (unpaired) electrons. The molecule has 1 aromatic heterocycles. The minimum absolute atomic E-state index is 0.00114. The van der Waals surface area contributed by atoms with Crippen LogP contribution in [0.25, 0.3) is 0 Å². The quantitative estimate of drug-likeness (QED) is 0.691. The van der Waals surface area contributed by atoms with Crippen LogP contribution in [0.3, 0.4) is 0 Å². The summed E-state index contributed by atoms with van der Waals surface area (Å²) in [5.74, 6) is -1.65. The van der Waals surface area contributed by atoms with Crippen molar-refractivity contribution in [2.45, 2.75) is 25.0 Å². The maximum Gasteiger partial charge on any atom is 0.309 e. The van der Waals surface area contributed by atoms with Gasteiger partial charge in [-0.3, -0.25) is 9.59 Å². The lowest BCUT2D eigenvalue weighted by Gasteiger charge is -2.26. The predicted octanol–water partition coefficient (Wildman–Crippen LogP) is 1.45. The van der Waals surface area contributed by atoms with Crippen molar-refractivity contribution in [3.05, 3.63) is 59.8 Å². The van der Waals surface area contributed by atoms with Crippen molar-refractivity contribution >= 4 is 11.8 Å². The van der Waals surface area contributed by atoms with Gasteiger partial charge in [0, 0.05) is 6.54 Å². The van der Waals surface area contributed by atoms with Gasteiger partial charge in [0.1, 0.15) is 17.2 Å². The van der Waals surface area contributed by atoms with Gasteiger partial charge in [-0.25, -0.2) is 4.39 Å². The van der Waals surface area contributed by atoms with Crippen molar-refractivity contribution in [3.8, 4) is 0 Å². The van der Waals surface area contributed by atoms with E-state index in [0.29, 0.717) is 11.3 Å². The van der Waals surface area contributed by atoms with E-state index in [1.54, 1.807) is 12.1 Å². The topological polar surface area (TPSA) is 91.6 Å². The maximum absolute atomic E-state index is 12.8. The number of carbonyl (C=O) groups is 2. The third-order valence-electron chi connectivity index (χ3n) is 4.29. The van der Waals surface area contributed by atoms with Crippen molar-refractivity contribution in [2.24, 2.45) is 5.92 Å². The summed E-state index contributed by atoms with van der Waals surface area (Å²) in [6, 6.07) is 8.92. The number of aliphatic hydroxyl groups is 1. The van der Waals surface area contributed by atoms with E-state index in [4.69, 9.17) is 4.42 Å². The number of halogens is 1. The van der Waals surface area contributed by atoms with Crippen LogP contribution in [0.2, 0.25) is 0 Å². The van der Waals surface area contributed by atoms with Crippen LogP contribution in [0, 0.1) is 11.7 Å². The van der Waals surface area contributed by atoms with Crippen LogP contribution < -0.4 is 10.6 Å². The Morgan fingerprint density at radius 3 is 2.44 bits per heavy atom. The van der Waals surface area contributed by atoms with Crippen LogP contribution in [0.4, 0.5) is 4.39 Å². The van der Waals surface area contributed by atoms with Crippen LogP contribution in [0.5, 0.6) is 0 Å². The Bertz CT molecular complexity index is 741. The van der Waals surface area contributed by atoms with E-state index in [1.807, 2.05) is 0 Å². The first-order valence-electron chi connectivity index (χ1n) is 8.06. The summed E-state index contributed by atoms with van der Waals surface area (Å²) in [5, 5.41) is 15.7. The third kappa shape index (κ3) is 4.06. The molecule has 0 bridgehead atoms. The van der Waals surface area contributed by atoms with Crippen molar-refractivity contribution in [3.63, 3.8) is 0 Å². The van der Waals surface area contributed by atoms with Crippen molar-refractivity contribution in [1.29, 1.82) is 0 Å². The molecule has 1 aromatic carbocycles. The van der Waals surface area contributed by atoms with E-state index < -0.39 is 17.4 Å². The molecule has 0 unspecified atom stereocenters. The van der Waals surface area contributed by atoms with E-state index in [0.717, 1.165) is 12.8 Å². The van der Waals surface area contributed by atoms with E-state index in [9.17, 15) is 19.1 Å². The van der Waals surface area contributed by atoms with Gasteiger partial charge in [0.25, 0.3) is 0 Å². The Kier molecular flexibility index (Phi) is 4.85. The molecule has 132 valence electrons. The molecular formula is C18H19FN2O4. The number of rotatable bonds is 6. The van der Waals surface area contributed by atoms with Gasteiger partial charge in [0.05, 0.1) is 12.8 Å². The number of amides is 2. The number of nitrogens with one attached hydrogen (secondary N) is 2. The molecule has 1 saturated carbocycles. The van der Waals surface area contributed by atoms with Gasteiger partial charge in [-0.2, -0.15) is 0 Å². The highest BCUT2D eigenvalue weighted by Gasteiger charge is 2.47. The van der Waals surface area contributed by atoms with Crippen LogP contribution in [-0.2, 0) is 21.7 Å². The van der Waals surface area contributed by atoms with Crippen LogP contribution in [0.15, 0.2) is 47.1 Å². The van der Waals surface area contributed by atoms with Crippen molar-refractivity contribution in [2.75, 3.05) is 6.54 Å². The van der Waals surface area contributed by atoms with Crippen LogP contribution >= 0.6 is 0 Å². The fourth-order valence-electron chi connectivity index (χ4n) is 2.68. The molecular weight excluding hydrogens is 327 g/mol. The highest BCUT2D eigenvalue weighted by molar-refractivity contribution is 6.35. The fraction of sp³-hybridized carbons (Fsp3) is 0.333. The smallest absolute Gasteiger partial charge is 0.309 e. The first-order chi connectivity index (χ1) is 12.0. The molecule has 1 heterocycles. The summed E-state index contributed by atoms with van der Waals surface area (Å²) in [7, 11) is 0. The highest BCUT2D eigenvalue weighted by atomic mass is 19.1. The van der Waals surface area contributed by atoms with Crippen molar-refractivity contribution < 1.29 is 23.5 Å². The lowest BCUT2D eigenvalue weighted by Crippen LogP contribution is -2.47. The van der Waals surface area contributed by atoms with Gasteiger partial charge in [-0.15, -0.1) is 0 Å². The highest BCUT2D eigenvalue weighted by Crippen LogP contribution is 2.45. The average Bonchev–Trinajstić information content (AvgIpc) is 3.33. The molecule has 1 atom stereocenters. The predicted molar refractivity (Wildman–Crippen MR) is 86.6 cm³/mol. The Morgan fingerprint density at radius 1 is 1.16 bits per heavy atom. The lowest BCUT2D eigenvalue weighted by molar-refractivity contribution is -0.140. The van der Waals surface area contributed by atoms with Gasteiger partial charge < -0.3 is 20.2 Å². The monoisotopic (exact) mass is 346 g/mol. The van der Waals surface area contributed by atoms with E-state index in [2.05, 4.69) is 10.6 Å². The standard InChI is InChI=1S/C18H19FN2O4/c19-14-7-3-12(4-8-14)10-20-16(22)17(23)21-11-18(24,13-5-6-13)15-2-1-9-25-15/h1-4,7-9,13,24H,5-6,10-11H2,(H,20,22)(H,21,23)/t18-/m0/s1. The number of hydrogen-bond donors (Lipinski definition) is 3. The SMILES string of the molecule is O=C(NCc1ccc(F)cc1)C(=O)NC[C@@](O)(c1ccco1)C1CC1. The molecule has 0 aliphatic heterocycles. The zero-order chi connectivity index (χ0) is 17.9. The molecule has 25 heavy (non-hydrogen) atoms. The minimum Gasteiger partial charge on any atom is -0.466 e. The second kappa shape index (κ2) is 7.06. The van der Waals surface area contributed by atoms with E-state index in [-0.39, 0.29) is 24.8 Å². The average molecular weight is 346 g/mol. The summed E-state index contributed by atoms with van der Waals surface area (Å²) in [4.78, 5) is 23.8.